The first kappa shape index (κ1) is 27.9. The predicted octanol–water partition coefficient (Wildman–Crippen LogP) is 2.48. The summed E-state index contributed by atoms with van der Waals surface area (Å²) in [4.78, 5) is 53.0. The summed E-state index contributed by atoms with van der Waals surface area (Å²) in [6, 6.07) is 4.86. The van der Waals surface area contributed by atoms with Crippen LogP contribution < -0.4 is 10.6 Å². The van der Waals surface area contributed by atoms with Gasteiger partial charge >= 0.3 is 12.1 Å². The minimum Gasteiger partial charge on any atom is -0.336 e. The number of alkyl halides is 3. The van der Waals surface area contributed by atoms with Gasteiger partial charge in [0.1, 0.15) is 18.1 Å². The number of carbonyl (C=O) groups excluding carboxylic acids is 3. The molecular weight excluding hydrogens is 539 g/mol. The number of carbonyl (C=O) groups is 3. The maximum absolute atomic E-state index is 13.8. The summed E-state index contributed by atoms with van der Waals surface area (Å²) < 4.78 is 39.5. The fraction of sp³-hybridized carbons (Fsp3) is 0.393. The van der Waals surface area contributed by atoms with Crippen molar-refractivity contribution in [2.75, 3.05) is 6.54 Å². The highest BCUT2D eigenvalue weighted by molar-refractivity contribution is 5.95. The van der Waals surface area contributed by atoms with Gasteiger partial charge in [0.25, 0.3) is 0 Å². The van der Waals surface area contributed by atoms with E-state index in [4.69, 9.17) is 0 Å². The minimum atomic E-state index is -5.21. The van der Waals surface area contributed by atoms with Crippen LogP contribution >= 0.6 is 0 Å². The van der Waals surface area contributed by atoms with Crippen LogP contribution in [0.25, 0.3) is 10.9 Å². The standard InChI is InChI=1S/C28H26F3N7O3/c1-27(2)18-14-38(25(40)19(37-26(41)28(29,30)31)9-15-5-3-7-33-11-15)23(21(18)27)24(39)36-20(10-32)17-13-34-12-16-6-4-8-35-22(16)17/h3-8,11-13,18-21,23H,9,14H2,1-2H3,(H,36,39)(H,37,41)/t18-,19?,20?,21-,23-/m0/s1. The summed E-state index contributed by atoms with van der Waals surface area (Å²) in [6.07, 6.45) is 1.95. The van der Waals surface area contributed by atoms with Crippen molar-refractivity contribution in [2.24, 2.45) is 17.3 Å². The molecule has 1 aliphatic carbocycles. The maximum Gasteiger partial charge on any atom is 0.471 e. The average molecular weight is 566 g/mol. The van der Waals surface area contributed by atoms with Crippen LogP contribution in [0.2, 0.25) is 0 Å². The quantitative estimate of drug-likeness (QED) is 0.448. The number of pyridine rings is 3. The number of fused-ring (bicyclic) bond motifs is 2. The lowest BCUT2D eigenvalue weighted by Gasteiger charge is -2.33. The fourth-order valence-corrected chi connectivity index (χ4v) is 5.85. The third-order valence-corrected chi connectivity index (χ3v) is 8.05. The molecule has 2 aliphatic rings. The van der Waals surface area contributed by atoms with Crippen LogP contribution in [0.4, 0.5) is 13.2 Å². The van der Waals surface area contributed by atoms with Gasteiger partial charge in [-0.25, -0.2) is 0 Å². The van der Waals surface area contributed by atoms with Gasteiger partial charge in [-0.05, 0) is 41.0 Å². The number of halogens is 3. The lowest BCUT2D eigenvalue weighted by Crippen LogP contribution is -2.57. The molecule has 41 heavy (non-hydrogen) atoms. The molecule has 0 bridgehead atoms. The van der Waals surface area contributed by atoms with Crippen LogP contribution in [-0.4, -0.2) is 62.4 Å². The summed E-state index contributed by atoms with van der Waals surface area (Å²) in [5, 5.41) is 15.1. The number of rotatable bonds is 7. The van der Waals surface area contributed by atoms with E-state index in [1.165, 1.54) is 23.5 Å². The Bertz CT molecular complexity index is 1530. The summed E-state index contributed by atoms with van der Waals surface area (Å²) in [6.45, 7) is 4.02. The molecule has 5 atom stereocenters. The second-order valence-electron chi connectivity index (χ2n) is 10.9. The molecule has 0 radical (unpaired) electrons. The number of nitrogens with one attached hydrogen (secondary N) is 2. The van der Waals surface area contributed by atoms with Crippen LogP contribution in [0.1, 0.15) is 31.0 Å². The summed E-state index contributed by atoms with van der Waals surface area (Å²) in [5.41, 5.74) is 0.968. The Hall–Kier alpha value is -4.60. The molecular formula is C28H26F3N7O3. The van der Waals surface area contributed by atoms with E-state index in [0.29, 0.717) is 22.0 Å². The van der Waals surface area contributed by atoms with Gasteiger partial charge in [0, 0.05) is 54.9 Å². The molecule has 13 heteroatoms. The van der Waals surface area contributed by atoms with Crippen LogP contribution in [0.5, 0.6) is 0 Å². The molecule has 5 rings (SSSR count). The van der Waals surface area contributed by atoms with E-state index in [2.05, 4.69) is 26.3 Å². The van der Waals surface area contributed by atoms with E-state index in [1.807, 2.05) is 13.8 Å². The SMILES string of the molecule is CC1(C)[C@@H]2[C@@H](C(=O)NC(C#N)c3cncc4cccnc34)N(C(=O)C(Cc3cccnc3)NC(=O)C(F)(F)F)C[C@@H]21. The highest BCUT2D eigenvalue weighted by atomic mass is 19.4. The van der Waals surface area contributed by atoms with E-state index in [1.54, 1.807) is 42.0 Å². The van der Waals surface area contributed by atoms with Gasteiger partial charge in [-0.2, -0.15) is 18.4 Å². The third kappa shape index (κ3) is 5.29. The molecule has 2 fully saturated rings. The normalized spacial score (nSPS) is 22.2. The largest absolute Gasteiger partial charge is 0.471 e. The molecule has 0 spiro atoms. The van der Waals surface area contributed by atoms with E-state index in [0.717, 1.165) is 0 Å². The lowest BCUT2D eigenvalue weighted by atomic mass is 9.98. The number of piperidine rings is 1. The fourth-order valence-electron chi connectivity index (χ4n) is 5.85. The van der Waals surface area contributed by atoms with Crippen LogP contribution in [0.3, 0.4) is 0 Å². The van der Waals surface area contributed by atoms with Crippen LogP contribution in [0.15, 0.2) is 55.2 Å². The second-order valence-corrected chi connectivity index (χ2v) is 10.9. The first-order valence-corrected chi connectivity index (χ1v) is 12.9. The van der Waals surface area contributed by atoms with Crippen LogP contribution in [-0.2, 0) is 20.8 Å². The Morgan fingerprint density at radius 1 is 1.12 bits per heavy atom. The van der Waals surface area contributed by atoms with Crippen molar-refractivity contribution in [3.8, 4) is 6.07 Å². The Labute approximate surface area is 233 Å². The molecule has 212 valence electrons. The topological polar surface area (TPSA) is 141 Å². The molecule has 1 saturated carbocycles. The zero-order chi connectivity index (χ0) is 29.5. The molecule has 0 aromatic carbocycles. The number of nitriles is 1. The van der Waals surface area contributed by atoms with Crippen molar-refractivity contribution < 1.29 is 27.6 Å². The zero-order valence-electron chi connectivity index (χ0n) is 22.1. The van der Waals surface area contributed by atoms with Gasteiger partial charge in [-0.15, -0.1) is 0 Å². The van der Waals surface area contributed by atoms with Gasteiger partial charge in [0.15, 0.2) is 0 Å². The van der Waals surface area contributed by atoms with E-state index >= 15 is 0 Å². The number of aromatic nitrogens is 3. The first-order valence-electron chi connectivity index (χ1n) is 12.9. The number of amides is 3. The maximum atomic E-state index is 13.8. The van der Waals surface area contributed by atoms with Crippen molar-refractivity contribution >= 4 is 28.6 Å². The van der Waals surface area contributed by atoms with Gasteiger partial charge < -0.3 is 15.5 Å². The molecule has 3 aromatic heterocycles. The van der Waals surface area contributed by atoms with Gasteiger partial charge in [-0.3, -0.25) is 29.3 Å². The lowest BCUT2D eigenvalue weighted by molar-refractivity contribution is -0.175. The predicted molar refractivity (Wildman–Crippen MR) is 138 cm³/mol. The average Bonchev–Trinajstić information content (AvgIpc) is 3.27. The summed E-state index contributed by atoms with van der Waals surface area (Å²) in [7, 11) is 0. The number of nitrogens with zero attached hydrogens (tertiary/aromatic N) is 5. The van der Waals surface area contributed by atoms with Gasteiger partial charge in [0.05, 0.1) is 11.6 Å². The summed E-state index contributed by atoms with van der Waals surface area (Å²) in [5.74, 6) is -4.08. The Balaban J connectivity index is 1.43. The second kappa shape index (κ2) is 10.4. The number of likely N-dealkylation sites (tertiary alicyclic amines) is 1. The highest BCUT2D eigenvalue weighted by Crippen LogP contribution is 2.65. The van der Waals surface area contributed by atoms with Crippen molar-refractivity contribution in [3.63, 3.8) is 0 Å². The molecule has 1 saturated heterocycles. The molecule has 10 nitrogen and oxygen atoms in total. The molecule has 4 heterocycles. The zero-order valence-corrected chi connectivity index (χ0v) is 22.1. The Morgan fingerprint density at radius 3 is 2.56 bits per heavy atom. The van der Waals surface area contributed by atoms with Gasteiger partial charge in [0.2, 0.25) is 11.8 Å². The summed E-state index contributed by atoms with van der Waals surface area (Å²) >= 11 is 0. The number of hydrogen-bond acceptors (Lipinski definition) is 7. The molecule has 1 aliphatic heterocycles. The molecule has 3 aromatic rings. The smallest absolute Gasteiger partial charge is 0.336 e. The van der Waals surface area contributed by atoms with E-state index < -0.39 is 42.0 Å². The van der Waals surface area contributed by atoms with E-state index in [9.17, 15) is 32.8 Å². The van der Waals surface area contributed by atoms with Crippen molar-refractivity contribution in [2.45, 2.75) is 44.6 Å². The van der Waals surface area contributed by atoms with E-state index in [-0.39, 0.29) is 30.2 Å². The Kier molecular flexibility index (Phi) is 7.10. The van der Waals surface area contributed by atoms with Crippen molar-refractivity contribution in [1.29, 1.82) is 5.26 Å². The van der Waals surface area contributed by atoms with Gasteiger partial charge in [-0.1, -0.05) is 19.9 Å². The molecule has 2 N–H and O–H groups in total. The monoisotopic (exact) mass is 565 g/mol. The first-order chi connectivity index (χ1) is 19.4. The highest BCUT2D eigenvalue weighted by Gasteiger charge is 2.69. The minimum absolute atomic E-state index is 0.0824. The molecule has 2 unspecified atom stereocenters. The van der Waals surface area contributed by atoms with Crippen molar-refractivity contribution in [1.82, 2.24) is 30.5 Å². The van der Waals surface area contributed by atoms with Crippen LogP contribution in [0, 0.1) is 28.6 Å². The Morgan fingerprint density at radius 2 is 1.88 bits per heavy atom. The van der Waals surface area contributed by atoms with Crippen molar-refractivity contribution in [3.05, 3.63) is 66.4 Å². The molecule has 3 amide bonds. The third-order valence-electron chi connectivity index (χ3n) is 8.05. The number of hydrogen-bond donors (Lipinski definition) is 2.